The van der Waals surface area contributed by atoms with Crippen LogP contribution in [0.15, 0.2) is 30.3 Å². The van der Waals surface area contributed by atoms with Crippen LogP contribution in [0, 0.1) is 6.92 Å². The van der Waals surface area contributed by atoms with E-state index in [1.807, 2.05) is 30.3 Å². The first kappa shape index (κ1) is 20.8. The molecule has 27 heavy (non-hydrogen) atoms. The average Bonchev–Trinajstić information content (AvgIpc) is 3.06. The minimum absolute atomic E-state index is 0.0971. The molecule has 3 N–H and O–H groups in total. The Morgan fingerprint density at radius 3 is 2.59 bits per heavy atom. The highest BCUT2D eigenvalue weighted by molar-refractivity contribution is 7.13. The molecule has 0 fully saturated rings. The Morgan fingerprint density at radius 2 is 1.93 bits per heavy atom. The van der Waals surface area contributed by atoms with E-state index < -0.39 is 24.3 Å². The van der Waals surface area contributed by atoms with Gasteiger partial charge in [0.15, 0.2) is 0 Å². The Balaban J connectivity index is 1.84. The fourth-order valence-electron chi connectivity index (χ4n) is 2.17. The van der Waals surface area contributed by atoms with Crippen molar-refractivity contribution in [2.45, 2.75) is 32.7 Å². The van der Waals surface area contributed by atoms with Gasteiger partial charge >= 0.3 is 12.1 Å². The lowest BCUT2D eigenvalue weighted by atomic mass is 10.2. The number of benzene rings is 1. The van der Waals surface area contributed by atoms with E-state index >= 15 is 0 Å². The van der Waals surface area contributed by atoms with Crippen molar-refractivity contribution in [2.24, 2.45) is 0 Å². The zero-order chi connectivity index (χ0) is 19.8. The third-order valence-corrected chi connectivity index (χ3v) is 4.77. The van der Waals surface area contributed by atoms with Gasteiger partial charge in [-0.05, 0) is 19.4 Å². The number of amides is 1. The third kappa shape index (κ3) is 6.02. The van der Waals surface area contributed by atoms with Crippen LogP contribution in [0.25, 0.3) is 0 Å². The summed E-state index contributed by atoms with van der Waals surface area (Å²) in [6, 6.07) is 9.15. The molecule has 0 saturated carbocycles. The van der Waals surface area contributed by atoms with Crippen molar-refractivity contribution >= 4 is 23.4 Å². The summed E-state index contributed by atoms with van der Waals surface area (Å²) in [4.78, 5) is 27.9. The highest BCUT2D eigenvalue weighted by Gasteiger charge is 2.26. The number of esters is 1. The van der Waals surface area contributed by atoms with Gasteiger partial charge in [-0.1, -0.05) is 30.3 Å². The summed E-state index contributed by atoms with van der Waals surface area (Å²) < 4.78 is 9.95. The number of aliphatic hydroxyl groups is 2. The molecule has 1 amide bonds. The molecule has 0 bridgehead atoms. The monoisotopic (exact) mass is 394 g/mol. The Kier molecular flexibility index (Phi) is 7.71. The van der Waals surface area contributed by atoms with Crippen molar-refractivity contribution in [3.8, 4) is 0 Å². The SMILES string of the molecule is CCOC(=O)c1sc(C(O)C(O)CNC(=O)OCc2ccccc2)nc1C. The van der Waals surface area contributed by atoms with Crippen molar-refractivity contribution in [3.05, 3.63) is 51.5 Å². The van der Waals surface area contributed by atoms with Crippen LogP contribution in [0.4, 0.5) is 4.79 Å². The molecule has 0 aliphatic carbocycles. The van der Waals surface area contributed by atoms with Gasteiger partial charge in [-0.15, -0.1) is 11.3 Å². The fourth-order valence-corrected chi connectivity index (χ4v) is 3.17. The van der Waals surface area contributed by atoms with Crippen LogP contribution in [0.5, 0.6) is 0 Å². The average molecular weight is 394 g/mol. The van der Waals surface area contributed by atoms with Crippen LogP contribution < -0.4 is 5.32 Å². The van der Waals surface area contributed by atoms with Gasteiger partial charge in [0, 0.05) is 6.54 Å². The standard InChI is InChI=1S/C18H22N2O6S/c1-3-25-17(23)15-11(2)20-16(27-15)14(22)13(21)9-19-18(24)26-10-12-7-5-4-6-8-12/h4-8,13-14,21-22H,3,9-10H2,1-2H3,(H,19,24). The molecule has 2 aromatic rings. The Hall–Kier alpha value is -2.49. The zero-order valence-corrected chi connectivity index (χ0v) is 15.9. The number of ether oxygens (including phenoxy) is 2. The van der Waals surface area contributed by atoms with Crippen LogP contribution in [-0.2, 0) is 16.1 Å². The molecule has 2 unspecified atom stereocenters. The number of thiazole rings is 1. The zero-order valence-electron chi connectivity index (χ0n) is 15.0. The topological polar surface area (TPSA) is 118 Å². The van der Waals surface area contributed by atoms with Crippen LogP contribution in [0.2, 0.25) is 0 Å². The smallest absolute Gasteiger partial charge is 0.407 e. The molecule has 0 aliphatic rings. The highest BCUT2D eigenvalue weighted by atomic mass is 32.1. The number of hydrogen-bond acceptors (Lipinski definition) is 8. The number of aryl methyl sites for hydroxylation is 1. The van der Waals surface area contributed by atoms with Crippen LogP contribution in [-0.4, -0.2) is 46.5 Å². The number of hydrogen-bond donors (Lipinski definition) is 3. The molecule has 1 heterocycles. The first-order valence-electron chi connectivity index (χ1n) is 8.37. The van der Waals surface area contributed by atoms with E-state index in [1.54, 1.807) is 13.8 Å². The van der Waals surface area contributed by atoms with Gasteiger partial charge in [0.25, 0.3) is 0 Å². The lowest BCUT2D eigenvalue weighted by Gasteiger charge is -2.16. The van der Waals surface area contributed by atoms with Gasteiger partial charge < -0.3 is 25.0 Å². The number of nitrogens with one attached hydrogen (secondary N) is 1. The van der Waals surface area contributed by atoms with E-state index in [2.05, 4.69) is 10.3 Å². The van der Waals surface area contributed by atoms with E-state index in [4.69, 9.17) is 9.47 Å². The maximum atomic E-state index is 11.8. The third-order valence-electron chi connectivity index (χ3n) is 3.56. The second kappa shape index (κ2) is 10.0. The van der Waals surface area contributed by atoms with Gasteiger partial charge in [0.1, 0.15) is 28.7 Å². The van der Waals surface area contributed by atoms with Gasteiger partial charge in [-0.3, -0.25) is 0 Å². The Labute approximate surface area is 160 Å². The number of aromatic nitrogens is 1. The van der Waals surface area contributed by atoms with E-state index in [1.165, 1.54) is 0 Å². The van der Waals surface area contributed by atoms with E-state index in [0.717, 1.165) is 16.9 Å². The van der Waals surface area contributed by atoms with Crippen molar-refractivity contribution in [1.29, 1.82) is 0 Å². The molecule has 0 spiro atoms. The van der Waals surface area contributed by atoms with E-state index in [9.17, 15) is 19.8 Å². The predicted molar refractivity (Wildman–Crippen MR) is 98.4 cm³/mol. The van der Waals surface area contributed by atoms with Crippen molar-refractivity contribution in [1.82, 2.24) is 10.3 Å². The Morgan fingerprint density at radius 1 is 1.22 bits per heavy atom. The van der Waals surface area contributed by atoms with Crippen molar-refractivity contribution in [3.63, 3.8) is 0 Å². The lowest BCUT2D eigenvalue weighted by molar-refractivity contribution is 0.0182. The van der Waals surface area contributed by atoms with Crippen molar-refractivity contribution < 1.29 is 29.3 Å². The van der Waals surface area contributed by atoms with E-state index in [0.29, 0.717) is 5.69 Å². The Bertz CT molecular complexity index is 764. The molecule has 146 valence electrons. The number of aliphatic hydroxyl groups excluding tert-OH is 2. The highest BCUT2D eigenvalue weighted by Crippen LogP contribution is 2.26. The molecule has 0 radical (unpaired) electrons. The molecule has 1 aromatic carbocycles. The number of alkyl carbamates (subject to hydrolysis) is 1. The summed E-state index contributed by atoms with van der Waals surface area (Å²) in [5.74, 6) is -0.525. The number of carbonyl (C=O) groups excluding carboxylic acids is 2. The summed E-state index contributed by atoms with van der Waals surface area (Å²) in [5, 5.41) is 22.8. The molecular weight excluding hydrogens is 372 g/mol. The normalized spacial score (nSPS) is 12.9. The number of carbonyl (C=O) groups is 2. The number of nitrogens with zero attached hydrogens (tertiary/aromatic N) is 1. The minimum Gasteiger partial charge on any atom is -0.462 e. The fraction of sp³-hybridized carbons (Fsp3) is 0.389. The molecule has 2 rings (SSSR count). The largest absolute Gasteiger partial charge is 0.462 e. The first-order chi connectivity index (χ1) is 12.9. The van der Waals surface area contributed by atoms with E-state index in [-0.39, 0.29) is 29.6 Å². The maximum absolute atomic E-state index is 11.8. The maximum Gasteiger partial charge on any atom is 0.407 e. The second-order valence-electron chi connectivity index (χ2n) is 5.64. The summed E-state index contributed by atoms with van der Waals surface area (Å²) in [5.41, 5.74) is 1.24. The van der Waals surface area contributed by atoms with Crippen LogP contribution >= 0.6 is 11.3 Å². The molecule has 1 aromatic heterocycles. The van der Waals surface area contributed by atoms with Gasteiger partial charge in [-0.2, -0.15) is 0 Å². The van der Waals surface area contributed by atoms with Gasteiger partial charge in [0.05, 0.1) is 12.3 Å². The summed E-state index contributed by atoms with van der Waals surface area (Å²) in [7, 11) is 0. The molecule has 0 aliphatic heterocycles. The van der Waals surface area contributed by atoms with Crippen LogP contribution in [0.3, 0.4) is 0 Å². The molecule has 8 nitrogen and oxygen atoms in total. The summed E-state index contributed by atoms with van der Waals surface area (Å²) >= 11 is 0.946. The molecule has 2 atom stereocenters. The number of rotatable bonds is 8. The van der Waals surface area contributed by atoms with Crippen LogP contribution in [0.1, 0.15) is 39.0 Å². The van der Waals surface area contributed by atoms with Gasteiger partial charge in [0.2, 0.25) is 0 Å². The van der Waals surface area contributed by atoms with Gasteiger partial charge in [-0.25, -0.2) is 14.6 Å². The summed E-state index contributed by atoms with van der Waals surface area (Å²) in [6.45, 7) is 3.40. The second-order valence-corrected chi connectivity index (χ2v) is 6.67. The first-order valence-corrected chi connectivity index (χ1v) is 9.19. The molecule has 0 saturated heterocycles. The molecular formula is C18H22N2O6S. The predicted octanol–water partition coefficient (Wildman–Crippen LogP) is 1.95. The lowest BCUT2D eigenvalue weighted by Crippen LogP contribution is -2.35. The summed E-state index contributed by atoms with van der Waals surface area (Å²) in [6.07, 6.45) is -3.38. The quantitative estimate of drug-likeness (QED) is 0.586. The minimum atomic E-state index is -1.36. The molecule has 9 heteroatoms. The van der Waals surface area contributed by atoms with Crippen molar-refractivity contribution in [2.75, 3.05) is 13.2 Å².